The van der Waals surface area contributed by atoms with Gasteiger partial charge in [-0.3, -0.25) is 4.79 Å². The van der Waals surface area contributed by atoms with E-state index in [-0.39, 0.29) is 12.5 Å². The summed E-state index contributed by atoms with van der Waals surface area (Å²) in [5.41, 5.74) is 0. The van der Waals surface area contributed by atoms with Gasteiger partial charge in [-0.2, -0.15) is 0 Å². The van der Waals surface area contributed by atoms with Crippen molar-refractivity contribution in [3.8, 4) is 0 Å². The molecule has 0 aromatic rings. The molecule has 2 atom stereocenters. The summed E-state index contributed by atoms with van der Waals surface area (Å²) in [6, 6.07) is -0.651. The second kappa shape index (κ2) is 57.4. The molecule has 0 radical (unpaired) electrons. The third-order valence-electron chi connectivity index (χ3n) is 12.5. The molecule has 0 rings (SSSR count). The molecule has 0 aliphatic rings. The smallest absolute Gasteiger partial charge is 0.220 e. The van der Waals surface area contributed by atoms with Gasteiger partial charge in [0.15, 0.2) is 0 Å². The van der Waals surface area contributed by atoms with Crippen molar-refractivity contribution in [3.05, 3.63) is 109 Å². The molecule has 4 heteroatoms. The Morgan fingerprint density at radius 1 is 0.373 bits per heavy atom. The van der Waals surface area contributed by atoms with Crippen LogP contribution < -0.4 is 5.32 Å². The molecule has 0 aromatic heterocycles. The predicted octanol–water partition coefficient (Wildman–Crippen LogP) is 19.1. The van der Waals surface area contributed by atoms with Crippen LogP contribution in [-0.2, 0) is 4.79 Å². The van der Waals surface area contributed by atoms with E-state index in [0.717, 1.165) is 77.0 Å². The first-order chi connectivity index (χ1) is 33.2. The van der Waals surface area contributed by atoms with E-state index in [4.69, 9.17) is 0 Å². The molecule has 2 unspecified atom stereocenters. The van der Waals surface area contributed by atoms with Gasteiger partial charge >= 0.3 is 0 Å². The zero-order valence-electron chi connectivity index (χ0n) is 44.1. The van der Waals surface area contributed by atoms with Crippen molar-refractivity contribution in [3.63, 3.8) is 0 Å². The van der Waals surface area contributed by atoms with Crippen molar-refractivity contribution in [1.29, 1.82) is 0 Å². The third-order valence-corrected chi connectivity index (χ3v) is 12.5. The molecule has 0 saturated carbocycles. The fourth-order valence-electron chi connectivity index (χ4n) is 8.16. The van der Waals surface area contributed by atoms with E-state index in [2.05, 4.69) is 116 Å². The molecule has 0 aliphatic heterocycles. The molecular formula is C63H109NO3. The van der Waals surface area contributed by atoms with Crippen LogP contribution in [0.1, 0.15) is 264 Å². The Morgan fingerprint density at radius 2 is 0.672 bits per heavy atom. The van der Waals surface area contributed by atoms with Crippen molar-refractivity contribution in [2.45, 2.75) is 276 Å². The number of unbranched alkanes of at least 4 members (excludes halogenated alkanes) is 28. The van der Waals surface area contributed by atoms with Crippen LogP contribution in [-0.4, -0.2) is 34.9 Å². The first-order valence-electron chi connectivity index (χ1n) is 28.6. The highest BCUT2D eigenvalue weighted by atomic mass is 16.3. The maximum atomic E-state index is 12.5. The molecule has 4 nitrogen and oxygen atoms in total. The lowest BCUT2D eigenvalue weighted by atomic mass is 10.0. The lowest BCUT2D eigenvalue weighted by Crippen LogP contribution is -2.45. The number of aliphatic hydroxyl groups is 2. The van der Waals surface area contributed by atoms with Gasteiger partial charge in [0, 0.05) is 6.42 Å². The monoisotopic (exact) mass is 928 g/mol. The number of carbonyl (C=O) groups excluding carboxylic acids is 1. The van der Waals surface area contributed by atoms with Gasteiger partial charge in [-0.05, 0) is 96.3 Å². The van der Waals surface area contributed by atoms with Gasteiger partial charge < -0.3 is 15.5 Å². The zero-order chi connectivity index (χ0) is 48.5. The minimum Gasteiger partial charge on any atom is -0.394 e. The normalized spacial score (nSPS) is 13.7. The second-order valence-electron chi connectivity index (χ2n) is 19.0. The highest BCUT2D eigenvalue weighted by Crippen LogP contribution is 2.16. The summed E-state index contributed by atoms with van der Waals surface area (Å²) in [7, 11) is 0. The molecule has 1 amide bonds. The van der Waals surface area contributed by atoms with Crippen molar-refractivity contribution in [1.82, 2.24) is 5.32 Å². The van der Waals surface area contributed by atoms with E-state index >= 15 is 0 Å². The van der Waals surface area contributed by atoms with Gasteiger partial charge in [0.25, 0.3) is 0 Å². The maximum absolute atomic E-state index is 12.5. The minimum absolute atomic E-state index is 0.0798. The Hall–Kier alpha value is -2.95. The summed E-state index contributed by atoms with van der Waals surface area (Å²) >= 11 is 0. The van der Waals surface area contributed by atoms with Crippen molar-refractivity contribution in [2.75, 3.05) is 6.61 Å². The quantitative estimate of drug-likeness (QED) is 0.0420. The molecule has 0 aliphatic carbocycles. The van der Waals surface area contributed by atoms with Crippen LogP contribution in [0.5, 0.6) is 0 Å². The van der Waals surface area contributed by atoms with Crippen LogP contribution in [0.4, 0.5) is 0 Å². The van der Waals surface area contributed by atoms with Crippen LogP contribution in [0.3, 0.4) is 0 Å². The average Bonchev–Trinajstić information content (AvgIpc) is 3.33. The van der Waals surface area contributed by atoms with E-state index in [1.165, 1.54) is 167 Å². The van der Waals surface area contributed by atoms with Gasteiger partial charge in [-0.1, -0.05) is 271 Å². The Morgan fingerprint density at radius 3 is 1.04 bits per heavy atom. The van der Waals surface area contributed by atoms with Gasteiger partial charge in [-0.15, -0.1) is 0 Å². The Bertz CT molecular complexity index is 1280. The topological polar surface area (TPSA) is 69.6 Å². The third kappa shape index (κ3) is 53.9. The number of nitrogens with one attached hydrogen (secondary N) is 1. The number of hydrogen-bond donors (Lipinski definition) is 3. The van der Waals surface area contributed by atoms with Gasteiger partial charge in [0.1, 0.15) is 0 Å². The summed E-state index contributed by atoms with van der Waals surface area (Å²) < 4.78 is 0. The number of hydrogen-bond acceptors (Lipinski definition) is 3. The highest BCUT2D eigenvalue weighted by Gasteiger charge is 2.17. The summed E-state index contributed by atoms with van der Waals surface area (Å²) in [6.45, 7) is 4.18. The second-order valence-corrected chi connectivity index (χ2v) is 19.0. The maximum Gasteiger partial charge on any atom is 0.220 e. The first kappa shape index (κ1) is 64.0. The van der Waals surface area contributed by atoms with Crippen LogP contribution in [0.2, 0.25) is 0 Å². The van der Waals surface area contributed by atoms with Crippen molar-refractivity contribution in [2.24, 2.45) is 0 Å². The largest absolute Gasteiger partial charge is 0.394 e. The number of allylic oxidation sites excluding steroid dienone is 17. The molecule has 67 heavy (non-hydrogen) atoms. The molecule has 0 saturated heterocycles. The fourth-order valence-corrected chi connectivity index (χ4v) is 8.16. The summed E-state index contributed by atoms with van der Waals surface area (Å²) in [6.07, 6.45) is 86.8. The van der Waals surface area contributed by atoms with E-state index < -0.39 is 12.1 Å². The zero-order valence-corrected chi connectivity index (χ0v) is 44.1. The van der Waals surface area contributed by atoms with Crippen molar-refractivity contribution >= 4 is 5.91 Å². The summed E-state index contributed by atoms with van der Waals surface area (Å²) in [5.74, 6) is -0.0798. The van der Waals surface area contributed by atoms with E-state index in [0.29, 0.717) is 6.42 Å². The molecule has 0 aromatic carbocycles. The van der Waals surface area contributed by atoms with E-state index in [1.54, 1.807) is 6.08 Å². The molecular weight excluding hydrogens is 819 g/mol. The van der Waals surface area contributed by atoms with E-state index in [9.17, 15) is 15.0 Å². The molecule has 3 N–H and O–H groups in total. The molecule has 0 fully saturated rings. The van der Waals surface area contributed by atoms with Crippen LogP contribution in [0.15, 0.2) is 109 Å². The summed E-state index contributed by atoms with van der Waals surface area (Å²) in [4.78, 5) is 12.5. The predicted molar refractivity (Wildman–Crippen MR) is 299 cm³/mol. The number of amides is 1. The lowest BCUT2D eigenvalue weighted by molar-refractivity contribution is -0.123. The first-order valence-corrected chi connectivity index (χ1v) is 28.6. The standard InChI is InChI=1S/C63H109NO3/c1-3-5-7-9-11-13-15-17-19-21-23-25-26-27-28-29-30-31-32-33-34-35-36-37-38-39-41-43-45-47-49-51-53-55-57-59-63(67)64-61(60-65)62(66)58-56-54-52-50-48-46-44-42-40-24-22-20-18-16-14-12-10-8-6-4-2/h5,7,11,13,17,19,23,25,27-28,30-31,40,42,48,50,56,58,61-62,65-66H,3-4,6,8-10,12,14-16,18,20-22,24,26,29,32-39,41,43-47,49,51-55,57,59-60H2,1-2H3,(H,64,67)/b7-5-,13-11-,19-17-,25-23-,28-27-,31-30-,42-40+,50-48+,58-56+. The summed E-state index contributed by atoms with van der Waals surface area (Å²) in [5, 5.41) is 23.1. The molecule has 384 valence electrons. The average molecular weight is 929 g/mol. The lowest BCUT2D eigenvalue weighted by Gasteiger charge is -2.19. The molecule has 0 heterocycles. The van der Waals surface area contributed by atoms with Crippen LogP contribution in [0, 0.1) is 0 Å². The minimum atomic E-state index is -0.876. The van der Waals surface area contributed by atoms with Crippen LogP contribution >= 0.6 is 0 Å². The Labute approximate surface area is 416 Å². The number of rotatable bonds is 51. The molecule has 0 bridgehead atoms. The van der Waals surface area contributed by atoms with E-state index in [1.807, 2.05) is 6.08 Å². The highest BCUT2D eigenvalue weighted by molar-refractivity contribution is 5.76. The van der Waals surface area contributed by atoms with Crippen LogP contribution in [0.25, 0.3) is 0 Å². The number of aliphatic hydroxyl groups excluding tert-OH is 2. The SMILES string of the molecule is CC/C=C\C/C=C\C/C=C\C/C=C\C/C=C\C/C=C\CCCCCCCCCCCCCCCCCCC(=O)NC(CO)C(O)/C=C/CC/C=C/CC/C=C/CCCCCCCCCCCC. The fraction of sp³-hybridized carbons (Fsp3) is 0.698. The number of carbonyl (C=O) groups is 1. The Balaban J connectivity index is 3.56. The van der Waals surface area contributed by atoms with Gasteiger partial charge in [0.05, 0.1) is 18.8 Å². The van der Waals surface area contributed by atoms with Gasteiger partial charge in [0.2, 0.25) is 5.91 Å². The molecule has 0 spiro atoms. The van der Waals surface area contributed by atoms with Crippen molar-refractivity contribution < 1.29 is 15.0 Å². The Kier molecular flexibility index (Phi) is 54.8. The van der Waals surface area contributed by atoms with Gasteiger partial charge in [-0.25, -0.2) is 0 Å².